The van der Waals surface area contributed by atoms with Gasteiger partial charge in [-0.25, -0.2) is 15.0 Å². The van der Waals surface area contributed by atoms with Gasteiger partial charge in [0.15, 0.2) is 0 Å². The molecule has 0 unspecified atom stereocenters. The molecule has 0 fully saturated rings. The van der Waals surface area contributed by atoms with Crippen LogP contribution in [0, 0.1) is 0 Å². The number of aliphatic hydroxyl groups is 3. The fourth-order valence-corrected chi connectivity index (χ4v) is 4.18. The summed E-state index contributed by atoms with van der Waals surface area (Å²) in [7, 11) is -1.11. The minimum atomic E-state index is -1.11. The van der Waals surface area contributed by atoms with E-state index >= 15 is 0 Å². The molecule has 0 bridgehead atoms. The van der Waals surface area contributed by atoms with Crippen molar-refractivity contribution in [2.24, 2.45) is 0 Å². The van der Waals surface area contributed by atoms with Gasteiger partial charge in [0.2, 0.25) is 5.88 Å². The van der Waals surface area contributed by atoms with Gasteiger partial charge in [-0.1, -0.05) is 25.7 Å². The van der Waals surface area contributed by atoms with Gasteiger partial charge in [0.25, 0.3) is 0 Å². The van der Waals surface area contributed by atoms with Crippen LogP contribution in [0.15, 0.2) is 35.2 Å². The predicted molar refractivity (Wildman–Crippen MR) is 138 cm³/mol. The van der Waals surface area contributed by atoms with Crippen LogP contribution in [-0.2, 0) is 18.0 Å². The number of nitrogens with one attached hydrogen (secondary N) is 1. The van der Waals surface area contributed by atoms with E-state index in [9.17, 15) is 0 Å². The number of halogens is 1. The van der Waals surface area contributed by atoms with Crippen LogP contribution in [-0.4, -0.2) is 75.9 Å². The first-order valence-corrected chi connectivity index (χ1v) is 15.5. The van der Waals surface area contributed by atoms with Crippen LogP contribution in [0.5, 0.6) is 5.88 Å². The van der Waals surface area contributed by atoms with E-state index < -0.39 is 8.07 Å². The monoisotopic (exact) mass is 555 g/mol. The number of rotatable bonds is 12. The van der Waals surface area contributed by atoms with Crippen molar-refractivity contribution in [3.05, 3.63) is 40.9 Å². The van der Waals surface area contributed by atoms with Crippen LogP contribution in [0.25, 0.3) is 11.0 Å². The molecular weight excluding hydrogens is 522 g/mol. The highest BCUT2D eigenvalue weighted by molar-refractivity contribution is 9.10. The summed E-state index contributed by atoms with van der Waals surface area (Å²) in [5.41, 5.74) is 1.61. The zero-order valence-corrected chi connectivity index (χ0v) is 22.5. The van der Waals surface area contributed by atoms with Gasteiger partial charge in [-0.3, -0.25) is 0 Å². The third-order valence-corrected chi connectivity index (χ3v) is 6.80. The van der Waals surface area contributed by atoms with Gasteiger partial charge in [-0.2, -0.15) is 0 Å². The molecule has 3 aromatic heterocycles. The quantitative estimate of drug-likeness (QED) is 0.196. The van der Waals surface area contributed by atoms with Crippen molar-refractivity contribution in [2.75, 3.05) is 38.4 Å². The molecule has 0 aliphatic carbocycles. The molecule has 3 heterocycles. The van der Waals surface area contributed by atoms with Gasteiger partial charge < -0.3 is 34.7 Å². The largest absolute Gasteiger partial charge is 0.475 e. The van der Waals surface area contributed by atoms with Gasteiger partial charge >= 0.3 is 0 Å². The molecule has 34 heavy (non-hydrogen) atoms. The van der Waals surface area contributed by atoms with E-state index in [-0.39, 0.29) is 26.4 Å². The van der Waals surface area contributed by atoms with Gasteiger partial charge in [-0.15, -0.1) is 0 Å². The molecule has 0 saturated heterocycles. The first-order chi connectivity index (χ1) is 16.3. The molecule has 10 nitrogen and oxygen atoms in total. The van der Waals surface area contributed by atoms with E-state index in [1.165, 1.54) is 0 Å². The summed E-state index contributed by atoms with van der Waals surface area (Å²) in [6, 6.07) is 6.67. The lowest BCUT2D eigenvalue weighted by Crippen LogP contribution is -2.22. The number of hydrogen-bond donors (Lipinski definition) is 4. The second-order valence-electron chi connectivity index (χ2n) is 8.56. The Morgan fingerprint density at radius 2 is 1.82 bits per heavy atom. The Labute approximate surface area is 209 Å². The summed E-state index contributed by atoms with van der Waals surface area (Å²) < 4.78 is 14.1. The average Bonchev–Trinajstić information content (AvgIpc) is 3.15. The summed E-state index contributed by atoms with van der Waals surface area (Å²) in [6.45, 7) is 8.63. The van der Waals surface area contributed by atoms with Crippen molar-refractivity contribution < 1.29 is 24.8 Å². The van der Waals surface area contributed by atoms with Gasteiger partial charge in [0, 0.05) is 31.4 Å². The smallest absolute Gasteiger partial charge is 0.213 e. The van der Waals surface area contributed by atoms with Gasteiger partial charge in [-0.05, 0) is 28.0 Å². The number of pyridine rings is 1. The molecule has 0 radical (unpaired) electrons. The van der Waals surface area contributed by atoms with Crippen LogP contribution in [0.1, 0.15) is 5.69 Å². The minimum Gasteiger partial charge on any atom is -0.475 e. The van der Waals surface area contributed by atoms with Crippen LogP contribution in [0.4, 0.5) is 5.82 Å². The summed E-state index contributed by atoms with van der Waals surface area (Å²) in [5.74, 6) is 1.20. The van der Waals surface area contributed by atoms with E-state index in [2.05, 4.69) is 55.8 Å². The molecule has 188 valence electrons. The normalized spacial score (nSPS) is 11.3. The van der Waals surface area contributed by atoms with Gasteiger partial charge in [0.05, 0.1) is 37.4 Å². The Balaban J connectivity index is 0.000000945. The molecular formula is C22H34BrN5O5Si. The maximum Gasteiger partial charge on any atom is 0.213 e. The lowest BCUT2D eigenvalue weighted by Gasteiger charge is -2.15. The lowest BCUT2D eigenvalue weighted by molar-refractivity contribution is 0.0898. The maximum atomic E-state index is 8.89. The molecule has 0 atom stereocenters. The zero-order valence-electron chi connectivity index (χ0n) is 19.9. The molecule has 0 spiro atoms. The number of hydrogen-bond acceptors (Lipinski definition) is 9. The van der Waals surface area contributed by atoms with E-state index in [4.69, 9.17) is 24.8 Å². The number of aliphatic hydroxyl groups excluding tert-OH is 3. The number of aromatic nitrogens is 4. The molecule has 3 rings (SSSR count). The lowest BCUT2D eigenvalue weighted by atomic mass is 10.3. The first-order valence-electron chi connectivity index (χ1n) is 11.0. The van der Waals surface area contributed by atoms with E-state index in [1.54, 1.807) is 12.4 Å². The van der Waals surface area contributed by atoms with E-state index in [1.807, 2.05) is 22.9 Å². The first kappa shape index (κ1) is 28.1. The molecule has 3 aromatic rings. The highest BCUT2D eigenvalue weighted by atomic mass is 79.9. The van der Waals surface area contributed by atoms with Crippen molar-refractivity contribution in [3.63, 3.8) is 0 Å². The molecule has 0 aliphatic heterocycles. The Kier molecular flexibility index (Phi) is 11.9. The molecule has 12 heteroatoms. The summed E-state index contributed by atoms with van der Waals surface area (Å²) in [6.07, 6.45) is 3.52. The molecule has 0 amide bonds. The van der Waals surface area contributed by atoms with Crippen molar-refractivity contribution >= 4 is 40.9 Å². The number of fused-ring (bicyclic) bond motifs is 1. The molecule has 0 saturated carbocycles. The number of ether oxygens (including phenoxy) is 2. The van der Waals surface area contributed by atoms with Crippen LogP contribution >= 0.6 is 15.9 Å². The highest BCUT2D eigenvalue weighted by Gasteiger charge is 2.15. The van der Waals surface area contributed by atoms with Gasteiger partial charge in [0.1, 0.15) is 31.1 Å². The van der Waals surface area contributed by atoms with Crippen molar-refractivity contribution in [1.29, 1.82) is 0 Å². The average molecular weight is 557 g/mol. The third kappa shape index (κ3) is 9.28. The van der Waals surface area contributed by atoms with Crippen LogP contribution in [0.2, 0.25) is 25.7 Å². The Morgan fingerprint density at radius 1 is 1.06 bits per heavy atom. The molecule has 4 N–H and O–H groups in total. The topological polar surface area (TPSA) is 135 Å². The summed E-state index contributed by atoms with van der Waals surface area (Å²) >= 11 is 3.63. The minimum absolute atomic E-state index is 0.0457. The van der Waals surface area contributed by atoms with Crippen molar-refractivity contribution in [1.82, 2.24) is 19.5 Å². The maximum absolute atomic E-state index is 8.89. The van der Waals surface area contributed by atoms with E-state index in [0.717, 1.165) is 39.7 Å². The second kappa shape index (κ2) is 14.3. The standard InChI is InChI=1S/C20H28BrN5O3Si.C2H6O2/c1-30(2,3)10-9-28-14-26-12-16(21)18-19(23-13-24-20(18)26)22-11-15-5-4-6-17(25-15)29-8-7-27;3-1-2-4/h4-6,12-13,27H,7-11,14H2,1-3H3,(H,22,23,24);3-4H,1-2H2. The van der Waals surface area contributed by atoms with Crippen LogP contribution < -0.4 is 10.1 Å². The Hall–Kier alpha value is -2.09. The van der Waals surface area contributed by atoms with Crippen molar-refractivity contribution in [3.8, 4) is 5.88 Å². The fraction of sp³-hybridized carbons (Fsp3) is 0.500. The van der Waals surface area contributed by atoms with Crippen LogP contribution in [0.3, 0.4) is 0 Å². The predicted octanol–water partition coefficient (Wildman–Crippen LogP) is 2.86. The summed E-state index contributed by atoms with van der Waals surface area (Å²) in [5, 5.41) is 28.4. The SMILES string of the molecule is C[Si](C)(C)CCOCn1cc(Br)c2c(NCc3cccc(OCCO)n3)ncnc21.OCCO. The van der Waals surface area contributed by atoms with E-state index in [0.29, 0.717) is 19.2 Å². The molecule has 0 aliphatic rings. The third-order valence-electron chi connectivity index (χ3n) is 4.49. The number of anilines is 1. The fourth-order valence-electron chi connectivity index (χ4n) is 2.81. The molecule has 0 aromatic carbocycles. The highest BCUT2D eigenvalue weighted by Crippen LogP contribution is 2.30. The van der Waals surface area contributed by atoms with Crippen molar-refractivity contribution in [2.45, 2.75) is 39.0 Å². The zero-order chi connectivity index (χ0) is 25.0. The Bertz CT molecular complexity index is 1010. The summed E-state index contributed by atoms with van der Waals surface area (Å²) in [4.78, 5) is 13.3. The second-order valence-corrected chi connectivity index (χ2v) is 15.0. The number of nitrogens with zero attached hydrogens (tertiary/aromatic N) is 4. The Morgan fingerprint density at radius 3 is 2.50 bits per heavy atom.